The molecule has 162 valence electrons. The Balaban J connectivity index is 1.56. The zero-order valence-electron chi connectivity index (χ0n) is 18.2. The Morgan fingerprint density at radius 2 is 1.41 bits per heavy atom. The molecule has 0 spiro atoms. The Hall–Kier alpha value is -4.77. The van der Waals surface area contributed by atoms with Crippen LogP contribution in [0.15, 0.2) is 119 Å². The number of carbonyl (C=O) groups is 1. The number of nitrogens with zero attached hydrogens (tertiary/aromatic N) is 3. The highest BCUT2D eigenvalue weighted by Crippen LogP contribution is 2.35. The van der Waals surface area contributed by atoms with Crippen LogP contribution in [0.5, 0.6) is 0 Å². The average molecular weight is 441 g/mol. The molecule has 34 heavy (non-hydrogen) atoms. The second-order valence-electron chi connectivity index (χ2n) is 8.01. The Kier molecular flexibility index (Phi) is 4.85. The summed E-state index contributed by atoms with van der Waals surface area (Å²) in [4.78, 5) is 12.4. The van der Waals surface area contributed by atoms with E-state index < -0.39 is 0 Å². The minimum absolute atomic E-state index is 0.242. The summed E-state index contributed by atoms with van der Waals surface area (Å²) in [5.74, 6) is -0.242. The second-order valence-corrected chi connectivity index (χ2v) is 8.01. The van der Waals surface area contributed by atoms with Gasteiger partial charge in [0.05, 0.1) is 23.1 Å². The summed E-state index contributed by atoms with van der Waals surface area (Å²) in [6.45, 7) is 0. The van der Waals surface area contributed by atoms with Crippen molar-refractivity contribution in [1.82, 2.24) is 4.57 Å². The molecule has 1 N–H and O–H groups in total. The van der Waals surface area contributed by atoms with Gasteiger partial charge in [0.25, 0.3) is 5.91 Å². The fourth-order valence-corrected chi connectivity index (χ4v) is 4.47. The SMILES string of the molecule is O=C1Nc2ccccc2C1=NN=Cc1c(-c2ccccc2)n(-c2ccccc2)c2ccccc12. The predicted molar refractivity (Wildman–Crippen MR) is 138 cm³/mol. The van der Waals surface area contributed by atoms with Crippen LogP contribution in [0.1, 0.15) is 11.1 Å². The van der Waals surface area contributed by atoms with E-state index in [4.69, 9.17) is 0 Å². The summed E-state index contributed by atoms with van der Waals surface area (Å²) in [5, 5.41) is 12.6. The lowest BCUT2D eigenvalue weighted by Gasteiger charge is -2.12. The van der Waals surface area contributed by atoms with Crippen LogP contribution in [-0.4, -0.2) is 22.4 Å². The monoisotopic (exact) mass is 440 g/mol. The number of aromatic nitrogens is 1. The van der Waals surface area contributed by atoms with Gasteiger partial charge in [-0.2, -0.15) is 5.10 Å². The molecule has 0 fully saturated rings. The first-order chi connectivity index (χ1) is 16.8. The largest absolute Gasteiger partial charge is 0.320 e. The van der Waals surface area contributed by atoms with E-state index >= 15 is 0 Å². The molecule has 1 amide bonds. The molecule has 0 aliphatic carbocycles. The van der Waals surface area contributed by atoms with Gasteiger partial charge in [-0.15, -0.1) is 5.10 Å². The van der Waals surface area contributed by atoms with Crippen LogP contribution in [0.2, 0.25) is 0 Å². The Morgan fingerprint density at radius 1 is 0.735 bits per heavy atom. The Morgan fingerprint density at radius 3 is 2.24 bits per heavy atom. The topological polar surface area (TPSA) is 58.8 Å². The van der Waals surface area contributed by atoms with Gasteiger partial charge in [-0.25, -0.2) is 0 Å². The van der Waals surface area contributed by atoms with Crippen molar-refractivity contribution < 1.29 is 4.79 Å². The standard InChI is InChI=1S/C29H20N4O/c34-29-27(23-16-7-9-17-25(23)31-29)32-30-19-24-22-15-8-10-18-26(22)33(21-13-5-2-6-14-21)28(24)20-11-3-1-4-12-20/h1-19H,(H,31,32,34). The van der Waals surface area contributed by atoms with Crippen LogP contribution in [-0.2, 0) is 4.79 Å². The first-order valence-electron chi connectivity index (χ1n) is 11.1. The normalized spacial score (nSPS) is 14.1. The Bertz CT molecular complexity index is 1580. The van der Waals surface area contributed by atoms with Gasteiger partial charge >= 0.3 is 0 Å². The summed E-state index contributed by atoms with van der Waals surface area (Å²) >= 11 is 0. The van der Waals surface area contributed by atoms with E-state index in [9.17, 15) is 4.79 Å². The lowest BCUT2D eigenvalue weighted by molar-refractivity contribution is -0.110. The Labute approximate surface area is 196 Å². The molecule has 0 unspecified atom stereocenters. The molecule has 0 bridgehead atoms. The molecule has 0 atom stereocenters. The number of hydrogen-bond acceptors (Lipinski definition) is 3. The number of rotatable bonds is 4. The highest BCUT2D eigenvalue weighted by molar-refractivity contribution is 6.53. The molecule has 5 heteroatoms. The fourth-order valence-electron chi connectivity index (χ4n) is 4.47. The fraction of sp³-hybridized carbons (Fsp3) is 0. The van der Waals surface area contributed by atoms with E-state index in [-0.39, 0.29) is 5.91 Å². The van der Waals surface area contributed by atoms with Gasteiger partial charge in [0.2, 0.25) is 0 Å². The van der Waals surface area contributed by atoms with Crippen LogP contribution in [0.3, 0.4) is 0 Å². The van der Waals surface area contributed by atoms with Crippen LogP contribution in [0, 0.1) is 0 Å². The quantitative estimate of drug-likeness (QED) is 0.267. The molecule has 5 aromatic rings. The summed E-state index contributed by atoms with van der Waals surface area (Å²) in [6.07, 6.45) is 1.76. The maximum atomic E-state index is 12.4. The van der Waals surface area contributed by atoms with Gasteiger partial charge in [-0.05, 0) is 29.8 Å². The first-order valence-corrected chi connectivity index (χ1v) is 11.1. The van der Waals surface area contributed by atoms with Crippen molar-refractivity contribution in [2.75, 3.05) is 5.32 Å². The predicted octanol–water partition coefficient (Wildman–Crippen LogP) is 6.07. The van der Waals surface area contributed by atoms with Gasteiger partial charge in [0.15, 0.2) is 5.71 Å². The maximum absolute atomic E-state index is 12.4. The zero-order chi connectivity index (χ0) is 22.9. The average Bonchev–Trinajstić information content (AvgIpc) is 3.39. The highest BCUT2D eigenvalue weighted by Gasteiger charge is 2.25. The van der Waals surface area contributed by atoms with Crippen molar-refractivity contribution >= 4 is 34.4 Å². The molecule has 0 radical (unpaired) electrons. The van der Waals surface area contributed by atoms with E-state index in [0.29, 0.717) is 5.71 Å². The number of fused-ring (bicyclic) bond motifs is 2. The minimum atomic E-state index is -0.242. The van der Waals surface area contributed by atoms with Crippen molar-refractivity contribution in [3.8, 4) is 16.9 Å². The van der Waals surface area contributed by atoms with E-state index in [1.54, 1.807) is 6.21 Å². The van der Waals surface area contributed by atoms with Crippen LogP contribution in [0.4, 0.5) is 5.69 Å². The molecule has 5 nitrogen and oxygen atoms in total. The number of anilines is 1. The van der Waals surface area contributed by atoms with Gasteiger partial charge in [0, 0.05) is 22.2 Å². The third kappa shape index (κ3) is 3.31. The minimum Gasteiger partial charge on any atom is -0.320 e. The maximum Gasteiger partial charge on any atom is 0.276 e. The first kappa shape index (κ1) is 19.9. The molecule has 6 rings (SSSR count). The molecule has 1 aliphatic heterocycles. The van der Waals surface area contributed by atoms with Crippen LogP contribution >= 0.6 is 0 Å². The summed E-state index contributed by atoms with van der Waals surface area (Å²) in [6, 6.07) is 36.3. The van der Waals surface area contributed by atoms with E-state index in [1.807, 2.05) is 72.8 Å². The molecule has 1 aromatic heterocycles. The van der Waals surface area contributed by atoms with E-state index in [0.717, 1.165) is 44.7 Å². The number of nitrogens with one attached hydrogen (secondary N) is 1. The molecular formula is C29H20N4O. The van der Waals surface area contributed by atoms with Gasteiger partial charge < -0.3 is 9.88 Å². The van der Waals surface area contributed by atoms with Crippen LogP contribution in [0.25, 0.3) is 27.8 Å². The smallest absolute Gasteiger partial charge is 0.276 e. The number of amides is 1. The third-order valence-electron chi connectivity index (χ3n) is 5.97. The van der Waals surface area contributed by atoms with Gasteiger partial charge in [-0.1, -0.05) is 84.9 Å². The van der Waals surface area contributed by atoms with Gasteiger partial charge in [0.1, 0.15) is 0 Å². The van der Waals surface area contributed by atoms with Gasteiger partial charge in [-0.3, -0.25) is 4.79 Å². The second kappa shape index (κ2) is 8.30. The van der Waals surface area contributed by atoms with Crippen molar-refractivity contribution in [1.29, 1.82) is 0 Å². The van der Waals surface area contributed by atoms with Crippen molar-refractivity contribution in [3.63, 3.8) is 0 Å². The molecule has 4 aromatic carbocycles. The lowest BCUT2D eigenvalue weighted by atomic mass is 10.1. The van der Waals surface area contributed by atoms with Crippen molar-refractivity contribution in [2.45, 2.75) is 0 Å². The molecule has 1 aliphatic rings. The number of para-hydroxylation sites is 3. The van der Waals surface area contributed by atoms with E-state index in [1.165, 1.54) is 0 Å². The highest BCUT2D eigenvalue weighted by atomic mass is 16.2. The summed E-state index contributed by atoms with van der Waals surface area (Å²) in [5.41, 5.74) is 7.01. The number of carbonyl (C=O) groups excluding carboxylic acids is 1. The molecule has 2 heterocycles. The molecule has 0 saturated heterocycles. The molecular weight excluding hydrogens is 420 g/mol. The molecule has 0 saturated carbocycles. The van der Waals surface area contributed by atoms with Crippen molar-refractivity contribution in [3.05, 3.63) is 120 Å². The zero-order valence-corrected chi connectivity index (χ0v) is 18.2. The third-order valence-corrected chi connectivity index (χ3v) is 5.97. The summed E-state index contributed by atoms with van der Waals surface area (Å²) < 4.78 is 2.25. The van der Waals surface area contributed by atoms with Crippen LogP contribution < -0.4 is 5.32 Å². The number of hydrogen-bond donors (Lipinski definition) is 1. The summed E-state index contributed by atoms with van der Waals surface area (Å²) in [7, 11) is 0. The number of benzene rings is 4. The lowest BCUT2D eigenvalue weighted by Crippen LogP contribution is -2.13. The van der Waals surface area contributed by atoms with E-state index in [2.05, 4.69) is 56.5 Å². The van der Waals surface area contributed by atoms with Crippen molar-refractivity contribution in [2.24, 2.45) is 10.2 Å².